The average Bonchev–Trinajstić information content (AvgIpc) is 2.79. The number of nitrogens with one attached hydrogen (secondary N) is 1. The summed E-state index contributed by atoms with van der Waals surface area (Å²) in [5.41, 5.74) is 3.02. The number of methoxy groups -OCH3 is 1. The van der Waals surface area contributed by atoms with Crippen molar-refractivity contribution in [3.05, 3.63) is 29.7 Å². The number of rotatable bonds is 4. The molecule has 2 atom stereocenters. The summed E-state index contributed by atoms with van der Waals surface area (Å²) in [4.78, 5) is 0. The van der Waals surface area contributed by atoms with Gasteiger partial charge in [-0.15, -0.1) is 11.8 Å². The van der Waals surface area contributed by atoms with Crippen LogP contribution in [0.3, 0.4) is 0 Å². The summed E-state index contributed by atoms with van der Waals surface area (Å²) < 4.78 is 10.9. The van der Waals surface area contributed by atoms with E-state index in [1.807, 2.05) is 30.0 Å². The highest BCUT2D eigenvalue weighted by Gasteiger charge is 2.19. The SMILES string of the molecule is COC1=C=CC=CC1OCC1NCCS1. The summed E-state index contributed by atoms with van der Waals surface area (Å²) in [6.07, 6.45) is 5.67. The minimum Gasteiger partial charge on any atom is -0.490 e. The van der Waals surface area contributed by atoms with Crippen molar-refractivity contribution in [2.75, 3.05) is 26.0 Å². The molecule has 0 amide bonds. The molecular formula is C11H15NO2S. The van der Waals surface area contributed by atoms with E-state index in [0.717, 1.165) is 12.3 Å². The first-order valence-electron chi connectivity index (χ1n) is 5.04. The van der Waals surface area contributed by atoms with Crippen LogP contribution in [0, 0.1) is 0 Å². The van der Waals surface area contributed by atoms with Crippen molar-refractivity contribution in [1.29, 1.82) is 0 Å². The molecule has 0 saturated carbocycles. The molecule has 1 aliphatic heterocycles. The zero-order valence-corrected chi connectivity index (χ0v) is 9.55. The van der Waals surface area contributed by atoms with Crippen LogP contribution in [0.1, 0.15) is 0 Å². The quantitative estimate of drug-likeness (QED) is 0.730. The van der Waals surface area contributed by atoms with Gasteiger partial charge in [-0.05, 0) is 12.2 Å². The van der Waals surface area contributed by atoms with Gasteiger partial charge >= 0.3 is 0 Å². The molecule has 2 aliphatic rings. The second-order valence-electron chi connectivity index (χ2n) is 3.33. The van der Waals surface area contributed by atoms with Crippen LogP contribution in [-0.4, -0.2) is 37.5 Å². The van der Waals surface area contributed by atoms with Crippen molar-refractivity contribution >= 4 is 11.8 Å². The Balaban J connectivity index is 1.83. The molecule has 0 bridgehead atoms. The van der Waals surface area contributed by atoms with Crippen LogP contribution in [0.25, 0.3) is 0 Å². The Morgan fingerprint density at radius 3 is 3.33 bits per heavy atom. The van der Waals surface area contributed by atoms with Crippen LogP contribution >= 0.6 is 11.8 Å². The highest BCUT2D eigenvalue weighted by molar-refractivity contribution is 8.00. The van der Waals surface area contributed by atoms with Crippen LogP contribution in [-0.2, 0) is 9.47 Å². The van der Waals surface area contributed by atoms with Gasteiger partial charge in [-0.1, -0.05) is 11.8 Å². The third-order valence-corrected chi connectivity index (χ3v) is 3.45. The van der Waals surface area contributed by atoms with E-state index >= 15 is 0 Å². The Kier molecular flexibility index (Phi) is 3.92. The maximum atomic E-state index is 5.76. The standard InChI is InChI=1S/C11H15NO2S/c1-13-9-4-2-3-5-10(9)14-8-11-12-6-7-15-11/h2-3,5,10-12H,6-8H2,1H3. The van der Waals surface area contributed by atoms with E-state index in [9.17, 15) is 0 Å². The molecule has 1 N–H and O–H groups in total. The molecule has 0 radical (unpaired) electrons. The predicted molar refractivity (Wildman–Crippen MR) is 61.7 cm³/mol. The molecular weight excluding hydrogens is 210 g/mol. The molecule has 2 rings (SSSR count). The number of hydrogen-bond donors (Lipinski definition) is 1. The normalized spacial score (nSPS) is 29.3. The van der Waals surface area contributed by atoms with Gasteiger partial charge in [-0.3, -0.25) is 0 Å². The van der Waals surface area contributed by atoms with Gasteiger partial charge in [0.1, 0.15) is 6.10 Å². The Morgan fingerprint density at radius 1 is 1.67 bits per heavy atom. The third-order valence-electron chi connectivity index (χ3n) is 2.31. The molecule has 82 valence electrons. The second-order valence-corrected chi connectivity index (χ2v) is 4.64. The van der Waals surface area contributed by atoms with Crippen LogP contribution in [0.2, 0.25) is 0 Å². The minimum absolute atomic E-state index is 0.0806. The molecule has 0 aromatic carbocycles. The molecule has 1 heterocycles. The molecule has 1 fully saturated rings. The van der Waals surface area contributed by atoms with E-state index in [0.29, 0.717) is 12.0 Å². The van der Waals surface area contributed by atoms with Crippen molar-refractivity contribution < 1.29 is 9.47 Å². The molecule has 0 spiro atoms. The average molecular weight is 225 g/mol. The molecule has 0 aromatic rings. The Bertz CT molecular complexity index is 302. The van der Waals surface area contributed by atoms with Crippen LogP contribution in [0.5, 0.6) is 0 Å². The van der Waals surface area contributed by atoms with Gasteiger partial charge in [0.15, 0.2) is 5.76 Å². The first kappa shape index (κ1) is 10.8. The van der Waals surface area contributed by atoms with E-state index < -0.39 is 0 Å². The van der Waals surface area contributed by atoms with E-state index in [1.54, 1.807) is 7.11 Å². The largest absolute Gasteiger partial charge is 0.490 e. The summed E-state index contributed by atoms with van der Waals surface area (Å²) in [6.45, 7) is 1.78. The summed E-state index contributed by atoms with van der Waals surface area (Å²) >= 11 is 1.90. The number of ether oxygens (including phenoxy) is 2. The topological polar surface area (TPSA) is 30.5 Å². The summed E-state index contributed by atoms with van der Waals surface area (Å²) in [7, 11) is 1.65. The maximum Gasteiger partial charge on any atom is 0.170 e. The Labute approximate surface area is 94.2 Å². The fourth-order valence-electron chi connectivity index (χ4n) is 1.54. The van der Waals surface area contributed by atoms with Crippen molar-refractivity contribution in [2.24, 2.45) is 0 Å². The second kappa shape index (κ2) is 5.42. The molecule has 3 nitrogen and oxygen atoms in total. The molecule has 0 aromatic heterocycles. The van der Waals surface area contributed by atoms with E-state index in [4.69, 9.17) is 9.47 Å². The van der Waals surface area contributed by atoms with E-state index in [-0.39, 0.29) is 6.10 Å². The summed E-state index contributed by atoms with van der Waals surface area (Å²) in [6, 6.07) is 0. The molecule has 15 heavy (non-hydrogen) atoms. The van der Waals surface area contributed by atoms with Crippen molar-refractivity contribution in [2.45, 2.75) is 11.5 Å². The summed E-state index contributed by atoms with van der Waals surface area (Å²) in [5.74, 6) is 1.92. The maximum absolute atomic E-state index is 5.76. The molecule has 2 unspecified atom stereocenters. The highest BCUT2D eigenvalue weighted by Crippen LogP contribution is 2.17. The zero-order valence-electron chi connectivity index (χ0n) is 8.73. The minimum atomic E-state index is -0.0806. The zero-order chi connectivity index (χ0) is 10.5. The number of thioether (sulfide) groups is 1. The predicted octanol–water partition coefficient (Wildman–Crippen LogP) is 1.29. The van der Waals surface area contributed by atoms with Gasteiger partial charge in [0.05, 0.1) is 19.1 Å². The van der Waals surface area contributed by atoms with E-state index in [1.165, 1.54) is 5.75 Å². The van der Waals surface area contributed by atoms with Crippen molar-refractivity contribution in [3.63, 3.8) is 0 Å². The van der Waals surface area contributed by atoms with Gasteiger partial charge in [0.2, 0.25) is 0 Å². The van der Waals surface area contributed by atoms with Gasteiger partial charge < -0.3 is 14.8 Å². The van der Waals surface area contributed by atoms with Gasteiger partial charge in [0, 0.05) is 12.3 Å². The monoisotopic (exact) mass is 225 g/mol. The first-order valence-corrected chi connectivity index (χ1v) is 6.09. The Morgan fingerprint density at radius 2 is 2.60 bits per heavy atom. The number of allylic oxidation sites excluding steroid dienone is 1. The smallest absolute Gasteiger partial charge is 0.170 e. The van der Waals surface area contributed by atoms with Crippen LogP contribution in [0.4, 0.5) is 0 Å². The lowest BCUT2D eigenvalue weighted by atomic mass is 10.2. The van der Waals surface area contributed by atoms with Crippen molar-refractivity contribution in [1.82, 2.24) is 5.32 Å². The highest BCUT2D eigenvalue weighted by atomic mass is 32.2. The fourth-order valence-corrected chi connectivity index (χ4v) is 2.47. The van der Waals surface area contributed by atoms with Crippen molar-refractivity contribution in [3.8, 4) is 0 Å². The molecule has 1 saturated heterocycles. The Hall–Kier alpha value is -0.670. The third kappa shape index (κ3) is 2.89. The van der Waals surface area contributed by atoms with Crippen LogP contribution < -0.4 is 5.32 Å². The van der Waals surface area contributed by atoms with E-state index in [2.05, 4.69) is 11.0 Å². The lowest BCUT2D eigenvalue weighted by Gasteiger charge is -2.18. The van der Waals surface area contributed by atoms with Gasteiger partial charge in [-0.25, -0.2) is 0 Å². The number of hydrogen-bond acceptors (Lipinski definition) is 4. The molecule has 1 aliphatic carbocycles. The van der Waals surface area contributed by atoms with Crippen LogP contribution in [0.15, 0.2) is 29.7 Å². The summed E-state index contributed by atoms with van der Waals surface area (Å²) in [5, 5.41) is 3.78. The lowest BCUT2D eigenvalue weighted by Crippen LogP contribution is -2.28. The van der Waals surface area contributed by atoms with Gasteiger partial charge in [0.25, 0.3) is 0 Å². The lowest BCUT2D eigenvalue weighted by molar-refractivity contribution is 0.0663. The molecule has 4 heteroatoms. The first-order chi connectivity index (χ1) is 7.40. The van der Waals surface area contributed by atoms with Gasteiger partial charge in [-0.2, -0.15) is 0 Å². The fraction of sp³-hybridized carbons (Fsp3) is 0.545.